The minimum absolute atomic E-state index is 0.0824. The Balaban J connectivity index is 1.20. The molecule has 5 nitrogen and oxygen atoms in total. The van der Waals surface area contributed by atoms with Crippen LogP contribution in [0.25, 0.3) is 10.8 Å². The van der Waals surface area contributed by atoms with Gasteiger partial charge in [0.25, 0.3) is 5.91 Å². The molecule has 0 bridgehead atoms. The number of nitrogens with one attached hydrogen (secondary N) is 1. The Labute approximate surface area is 194 Å². The second-order valence-electron chi connectivity index (χ2n) is 8.14. The van der Waals surface area contributed by atoms with E-state index in [1.807, 2.05) is 54.6 Å². The number of anilines is 1. The number of rotatable bonds is 8. The van der Waals surface area contributed by atoms with Crippen molar-refractivity contribution >= 4 is 34.0 Å². The molecule has 0 unspecified atom stereocenters. The summed E-state index contributed by atoms with van der Waals surface area (Å²) in [6, 6.07) is 19.9. The second-order valence-corrected chi connectivity index (χ2v) is 8.55. The lowest BCUT2D eigenvalue weighted by Gasteiger charge is -2.36. The molecule has 1 fully saturated rings. The van der Waals surface area contributed by atoms with Gasteiger partial charge < -0.3 is 15.0 Å². The summed E-state index contributed by atoms with van der Waals surface area (Å²) in [6.45, 7) is 5.75. The van der Waals surface area contributed by atoms with Crippen molar-refractivity contribution in [2.24, 2.45) is 0 Å². The number of benzene rings is 3. The normalized spacial score (nSPS) is 14.5. The van der Waals surface area contributed by atoms with Crippen LogP contribution in [-0.4, -0.2) is 57.2 Å². The largest absolute Gasteiger partial charge is 0.496 e. The third kappa shape index (κ3) is 5.34. The van der Waals surface area contributed by atoms with E-state index in [1.54, 1.807) is 7.11 Å². The number of para-hydroxylation sites is 1. The van der Waals surface area contributed by atoms with Crippen LogP contribution in [0.5, 0.6) is 5.75 Å². The summed E-state index contributed by atoms with van der Waals surface area (Å²) < 4.78 is 5.45. The molecule has 1 saturated heterocycles. The van der Waals surface area contributed by atoms with Crippen molar-refractivity contribution in [1.82, 2.24) is 10.2 Å². The van der Waals surface area contributed by atoms with Crippen LogP contribution in [0.4, 0.5) is 5.69 Å². The van der Waals surface area contributed by atoms with Gasteiger partial charge in [0.1, 0.15) is 5.75 Å². The molecule has 32 heavy (non-hydrogen) atoms. The highest BCUT2D eigenvalue weighted by atomic mass is 35.5. The van der Waals surface area contributed by atoms with Gasteiger partial charge in [-0.1, -0.05) is 48.0 Å². The highest BCUT2D eigenvalue weighted by molar-refractivity contribution is 6.33. The number of ether oxygens (including phenoxy) is 1. The third-order valence-corrected chi connectivity index (χ3v) is 6.38. The number of fused-ring (bicyclic) bond motifs is 1. The second kappa shape index (κ2) is 10.7. The maximum atomic E-state index is 12.7. The van der Waals surface area contributed by atoms with Gasteiger partial charge in [-0.2, -0.15) is 0 Å². The Morgan fingerprint density at radius 3 is 2.38 bits per heavy atom. The summed E-state index contributed by atoms with van der Waals surface area (Å²) in [5.74, 6) is 0.526. The van der Waals surface area contributed by atoms with Crippen molar-refractivity contribution in [2.75, 3.05) is 51.3 Å². The first kappa shape index (κ1) is 22.4. The molecule has 0 radical (unpaired) electrons. The minimum atomic E-state index is -0.0824. The number of hydrogen-bond donors (Lipinski definition) is 1. The summed E-state index contributed by atoms with van der Waals surface area (Å²) in [4.78, 5) is 17.6. The smallest absolute Gasteiger partial charge is 0.255 e. The number of carbonyl (C=O) groups excluding carboxylic acids is 1. The van der Waals surface area contributed by atoms with Crippen LogP contribution < -0.4 is 15.0 Å². The van der Waals surface area contributed by atoms with Gasteiger partial charge in [0, 0.05) is 32.7 Å². The van der Waals surface area contributed by atoms with Crippen molar-refractivity contribution in [2.45, 2.75) is 12.8 Å². The molecule has 0 saturated carbocycles. The molecule has 0 aliphatic carbocycles. The molecule has 3 aromatic carbocycles. The number of unbranched alkanes of at least 4 members (excludes halogenated alkanes) is 1. The Morgan fingerprint density at radius 1 is 0.969 bits per heavy atom. The van der Waals surface area contributed by atoms with E-state index in [9.17, 15) is 4.79 Å². The lowest BCUT2D eigenvalue weighted by molar-refractivity contribution is 0.0949. The fourth-order valence-corrected chi connectivity index (χ4v) is 4.50. The van der Waals surface area contributed by atoms with E-state index in [0.717, 1.165) is 67.0 Å². The average molecular weight is 452 g/mol. The zero-order valence-corrected chi connectivity index (χ0v) is 19.3. The van der Waals surface area contributed by atoms with Crippen LogP contribution >= 0.6 is 11.6 Å². The van der Waals surface area contributed by atoms with Crippen LogP contribution in [0, 0.1) is 0 Å². The molecule has 1 heterocycles. The van der Waals surface area contributed by atoms with E-state index in [4.69, 9.17) is 16.3 Å². The Morgan fingerprint density at radius 2 is 1.66 bits per heavy atom. The maximum Gasteiger partial charge on any atom is 0.255 e. The topological polar surface area (TPSA) is 44.8 Å². The van der Waals surface area contributed by atoms with Crippen molar-refractivity contribution in [1.29, 1.82) is 0 Å². The van der Waals surface area contributed by atoms with Gasteiger partial charge in [-0.05, 0) is 54.4 Å². The molecular formula is C26H30ClN3O2. The Hall–Kier alpha value is -2.76. The number of carbonyl (C=O) groups is 1. The van der Waals surface area contributed by atoms with E-state index in [1.165, 1.54) is 0 Å². The molecule has 0 spiro atoms. The van der Waals surface area contributed by atoms with Gasteiger partial charge in [-0.3, -0.25) is 9.69 Å². The zero-order valence-electron chi connectivity index (χ0n) is 18.5. The summed E-state index contributed by atoms with van der Waals surface area (Å²) in [6.07, 6.45) is 2.01. The summed E-state index contributed by atoms with van der Waals surface area (Å²) in [7, 11) is 1.60. The highest BCUT2D eigenvalue weighted by Gasteiger charge is 2.18. The number of nitrogens with zero attached hydrogens (tertiary/aromatic N) is 2. The monoisotopic (exact) mass is 451 g/mol. The van der Waals surface area contributed by atoms with Gasteiger partial charge in [-0.25, -0.2) is 0 Å². The number of amides is 1. The van der Waals surface area contributed by atoms with E-state index < -0.39 is 0 Å². The lowest BCUT2D eigenvalue weighted by Crippen LogP contribution is -2.46. The van der Waals surface area contributed by atoms with Crippen LogP contribution in [0.1, 0.15) is 23.2 Å². The quantitative estimate of drug-likeness (QED) is 0.498. The molecule has 1 aliphatic heterocycles. The molecule has 3 aromatic rings. The molecule has 4 rings (SSSR count). The maximum absolute atomic E-state index is 12.7. The third-order valence-electron chi connectivity index (χ3n) is 6.06. The van der Waals surface area contributed by atoms with Crippen LogP contribution in [0.15, 0.2) is 60.7 Å². The predicted octanol–water partition coefficient (Wildman–Crippen LogP) is 4.83. The number of hydrogen-bond acceptors (Lipinski definition) is 4. The summed E-state index contributed by atoms with van der Waals surface area (Å²) in [5.41, 5.74) is 1.71. The Bertz CT molecular complexity index is 1060. The van der Waals surface area contributed by atoms with E-state index in [0.29, 0.717) is 17.9 Å². The zero-order chi connectivity index (χ0) is 22.3. The van der Waals surface area contributed by atoms with E-state index >= 15 is 0 Å². The molecule has 6 heteroatoms. The highest BCUT2D eigenvalue weighted by Crippen LogP contribution is 2.27. The fourth-order valence-electron chi connectivity index (χ4n) is 4.24. The van der Waals surface area contributed by atoms with Gasteiger partial charge in [0.05, 0.1) is 23.4 Å². The van der Waals surface area contributed by atoms with Crippen LogP contribution in [0.2, 0.25) is 5.02 Å². The van der Waals surface area contributed by atoms with E-state index in [2.05, 4.69) is 21.2 Å². The molecule has 168 valence electrons. The minimum Gasteiger partial charge on any atom is -0.496 e. The number of piperazine rings is 1. The summed E-state index contributed by atoms with van der Waals surface area (Å²) in [5, 5.41) is 5.97. The molecule has 0 atom stereocenters. The summed E-state index contributed by atoms with van der Waals surface area (Å²) >= 11 is 6.33. The fraction of sp³-hybridized carbons (Fsp3) is 0.346. The van der Waals surface area contributed by atoms with Gasteiger partial charge in [-0.15, -0.1) is 0 Å². The first-order valence-corrected chi connectivity index (χ1v) is 11.6. The number of halogens is 1. The Kier molecular flexibility index (Phi) is 7.51. The van der Waals surface area contributed by atoms with E-state index in [-0.39, 0.29) is 5.91 Å². The first-order valence-electron chi connectivity index (χ1n) is 11.2. The molecule has 1 amide bonds. The van der Waals surface area contributed by atoms with Gasteiger partial charge in [0.15, 0.2) is 0 Å². The SMILES string of the molecule is COc1cc2ccccc2cc1C(=O)NCCCCN1CCN(c2ccccc2Cl)CC1. The van der Waals surface area contributed by atoms with Crippen molar-refractivity contribution < 1.29 is 9.53 Å². The van der Waals surface area contributed by atoms with Crippen LogP contribution in [-0.2, 0) is 0 Å². The molecule has 1 N–H and O–H groups in total. The van der Waals surface area contributed by atoms with Crippen LogP contribution in [0.3, 0.4) is 0 Å². The molecular weight excluding hydrogens is 422 g/mol. The van der Waals surface area contributed by atoms with Crippen molar-refractivity contribution in [3.05, 3.63) is 71.2 Å². The number of methoxy groups -OCH3 is 1. The average Bonchev–Trinajstić information content (AvgIpc) is 2.83. The predicted molar refractivity (Wildman–Crippen MR) is 132 cm³/mol. The van der Waals surface area contributed by atoms with Gasteiger partial charge >= 0.3 is 0 Å². The van der Waals surface area contributed by atoms with Crippen molar-refractivity contribution in [3.63, 3.8) is 0 Å². The van der Waals surface area contributed by atoms with Crippen molar-refractivity contribution in [3.8, 4) is 5.75 Å². The molecule has 0 aromatic heterocycles. The molecule has 1 aliphatic rings. The van der Waals surface area contributed by atoms with Gasteiger partial charge in [0.2, 0.25) is 0 Å². The first-order chi connectivity index (χ1) is 15.7. The standard InChI is InChI=1S/C26H30ClN3O2/c1-32-25-19-21-9-3-2-8-20(21)18-22(25)26(31)28-12-6-7-13-29-14-16-30(17-15-29)24-11-5-4-10-23(24)27/h2-5,8-11,18-19H,6-7,12-17H2,1H3,(H,28,31). The lowest BCUT2D eigenvalue weighted by atomic mass is 10.1.